The number of hydrogen-bond donors (Lipinski definition) is 2. The predicted molar refractivity (Wildman–Crippen MR) is 79.8 cm³/mol. The third-order valence-corrected chi connectivity index (χ3v) is 5.63. The summed E-state index contributed by atoms with van der Waals surface area (Å²) in [6.45, 7) is 3.25. The molecule has 112 valence electrons. The summed E-state index contributed by atoms with van der Waals surface area (Å²) in [5.41, 5.74) is 6.28. The maximum Gasteiger partial charge on any atom is 0.241 e. The highest BCUT2D eigenvalue weighted by atomic mass is 32.2. The maximum atomic E-state index is 12.5. The van der Waals surface area contributed by atoms with Gasteiger partial charge in [-0.3, -0.25) is 0 Å². The molecule has 3 N–H and O–H groups in total. The normalized spacial score (nSPS) is 24.8. The number of hydrogen-bond acceptors (Lipinski definition) is 4. The largest absolute Gasteiger partial charge is 0.326 e. The molecule has 2 atom stereocenters. The molecule has 1 saturated heterocycles. The van der Waals surface area contributed by atoms with Crippen LogP contribution in [0, 0.1) is 0 Å². The molecule has 0 spiro atoms. The summed E-state index contributed by atoms with van der Waals surface area (Å²) in [5.74, 6) is 0. The molecule has 1 aliphatic heterocycles. The molecule has 20 heavy (non-hydrogen) atoms. The maximum absolute atomic E-state index is 12.5. The second kappa shape index (κ2) is 6.22. The van der Waals surface area contributed by atoms with Gasteiger partial charge in [0, 0.05) is 18.6 Å². The van der Waals surface area contributed by atoms with E-state index in [2.05, 4.69) is 23.6 Å². The Hall–Kier alpha value is -0.950. The van der Waals surface area contributed by atoms with Crippen molar-refractivity contribution in [3.05, 3.63) is 29.8 Å². The van der Waals surface area contributed by atoms with E-state index in [4.69, 9.17) is 5.73 Å². The Morgan fingerprint density at radius 3 is 2.75 bits per heavy atom. The molecule has 1 fully saturated rings. The number of likely N-dealkylation sites (tertiary alicyclic amines) is 1. The molecule has 0 bridgehead atoms. The Morgan fingerprint density at radius 1 is 1.40 bits per heavy atom. The highest BCUT2D eigenvalue weighted by molar-refractivity contribution is 7.89. The Labute approximate surface area is 121 Å². The van der Waals surface area contributed by atoms with E-state index in [1.165, 1.54) is 0 Å². The van der Waals surface area contributed by atoms with Crippen molar-refractivity contribution in [2.24, 2.45) is 5.73 Å². The Kier molecular flexibility index (Phi) is 4.80. The van der Waals surface area contributed by atoms with Crippen molar-refractivity contribution >= 4 is 10.0 Å². The molecule has 1 heterocycles. The first kappa shape index (κ1) is 15.4. The van der Waals surface area contributed by atoms with Crippen molar-refractivity contribution in [2.45, 2.75) is 43.3 Å². The number of nitrogens with two attached hydrogens (primary N) is 1. The summed E-state index contributed by atoms with van der Waals surface area (Å²) < 4.78 is 27.8. The fourth-order valence-electron chi connectivity index (χ4n) is 2.61. The highest BCUT2D eigenvalue weighted by Crippen LogP contribution is 2.20. The topological polar surface area (TPSA) is 75.4 Å². The van der Waals surface area contributed by atoms with Gasteiger partial charge in [0.2, 0.25) is 10.0 Å². The van der Waals surface area contributed by atoms with Crippen LogP contribution in [0.1, 0.15) is 25.3 Å². The molecule has 0 aromatic heterocycles. The standard InChI is InChI=1S/C14H23N3O2S/c1-11-9-13(7-8-17(11)2)16-20(18,19)14-6-4-3-5-12(14)10-15/h3-6,11,13,16H,7-10,15H2,1-2H3. The van der Waals surface area contributed by atoms with Gasteiger partial charge in [-0.15, -0.1) is 0 Å². The molecule has 0 radical (unpaired) electrons. The zero-order valence-electron chi connectivity index (χ0n) is 12.0. The van der Waals surface area contributed by atoms with Crippen LogP contribution in [0.2, 0.25) is 0 Å². The van der Waals surface area contributed by atoms with Crippen molar-refractivity contribution in [1.82, 2.24) is 9.62 Å². The van der Waals surface area contributed by atoms with E-state index in [0.717, 1.165) is 19.4 Å². The van der Waals surface area contributed by atoms with Crippen LogP contribution in [-0.4, -0.2) is 39.0 Å². The van der Waals surface area contributed by atoms with Crippen LogP contribution in [0.3, 0.4) is 0 Å². The van der Waals surface area contributed by atoms with E-state index < -0.39 is 10.0 Å². The lowest BCUT2D eigenvalue weighted by Crippen LogP contribution is -2.47. The van der Waals surface area contributed by atoms with Crippen molar-refractivity contribution in [2.75, 3.05) is 13.6 Å². The lowest BCUT2D eigenvalue weighted by Gasteiger charge is -2.35. The Bertz CT molecular complexity index is 559. The molecule has 0 saturated carbocycles. The van der Waals surface area contributed by atoms with Crippen molar-refractivity contribution in [3.8, 4) is 0 Å². The lowest BCUT2D eigenvalue weighted by atomic mass is 10.0. The van der Waals surface area contributed by atoms with Gasteiger partial charge in [-0.1, -0.05) is 18.2 Å². The van der Waals surface area contributed by atoms with Crippen LogP contribution in [0.25, 0.3) is 0 Å². The van der Waals surface area contributed by atoms with Gasteiger partial charge >= 0.3 is 0 Å². The van der Waals surface area contributed by atoms with E-state index >= 15 is 0 Å². The van der Waals surface area contributed by atoms with Gasteiger partial charge < -0.3 is 10.6 Å². The van der Waals surface area contributed by atoms with Crippen molar-refractivity contribution < 1.29 is 8.42 Å². The zero-order chi connectivity index (χ0) is 14.8. The van der Waals surface area contributed by atoms with Crippen LogP contribution in [-0.2, 0) is 16.6 Å². The van der Waals surface area contributed by atoms with Gasteiger partial charge in [0.05, 0.1) is 4.90 Å². The minimum Gasteiger partial charge on any atom is -0.326 e. The number of nitrogens with zero attached hydrogens (tertiary/aromatic N) is 1. The van der Waals surface area contributed by atoms with Gasteiger partial charge in [0.15, 0.2) is 0 Å². The molecule has 2 unspecified atom stereocenters. The van der Waals surface area contributed by atoms with E-state index in [1.807, 2.05) is 0 Å². The zero-order valence-corrected chi connectivity index (χ0v) is 12.9. The molecule has 2 rings (SSSR count). The van der Waals surface area contributed by atoms with Crippen LogP contribution in [0.4, 0.5) is 0 Å². The van der Waals surface area contributed by atoms with Crippen LogP contribution < -0.4 is 10.5 Å². The van der Waals surface area contributed by atoms with Gasteiger partial charge in [0.25, 0.3) is 0 Å². The lowest BCUT2D eigenvalue weighted by molar-refractivity contribution is 0.178. The summed E-state index contributed by atoms with van der Waals surface area (Å²) in [5, 5.41) is 0. The second-order valence-electron chi connectivity index (χ2n) is 5.48. The van der Waals surface area contributed by atoms with E-state index in [9.17, 15) is 8.42 Å². The molecule has 5 nitrogen and oxygen atoms in total. The molecule has 1 aliphatic rings. The first-order chi connectivity index (χ1) is 9.44. The molecule has 1 aromatic carbocycles. The number of sulfonamides is 1. The van der Waals surface area contributed by atoms with Crippen molar-refractivity contribution in [1.29, 1.82) is 0 Å². The summed E-state index contributed by atoms with van der Waals surface area (Å²) in [4.78, 5) is 2.55. The number of rotatable bonds is 4. The van der Waals surface area contributed by atoms with Gasteiger partial charge in [-0.05, 0) is 45.0 Å². The van der Waals surface area contributed by atoms with Crippen molar-refractivity contribution in [3.63, 3.8) is 0 Å². The average molecular weight is 297 g/mol. The molecular formula is C14H23N3O2S. The quantitative estimate of drug-likeness (QED) is 0.866. The molecule has 0 amide bonds. The predicted octanol–water partition coefficient (Wildman–Crippen LogP) is 0.906. The Morgan fingerprint density at radius 2 is 2.10 bits per heavy atom. The molecule has 6 heteroatoms. The van der Waals surface area contributed by atoms with E-state index in [0.29, 0.717) is 16.5 Å². The third kappa shape index (κ3) is 3.38. The number of piperidine rings is 1. The van der Waals surface area contributed by atoms with Crippen LogP contribution in [0.15, 0.2) is 29.2 Å². The van der Waals surface area contributed by atoms with Gasteiger partial charge in [0.1, 0.15) is 0 Å². The summed E-state index contributed by atoms with van der Waals surface area (Å²) in [6.07, 6.45) is 1.67. The summed E-state index contributed by atoms with van der Waals surface area (Å²) in [7, 11) is -1.42. The third-order valence-electron chi connectivity index (χ3n) is 4.01. The average Bonchev–Trinajstić information content (AvgIpc) is 2.42. The Balaban J connectivity index is 2.15. The first-order valence-corrected chi connectivity index (χ1v) is 8.43. The molecular weight excluding hydrogens is 274 g/mol. The fourth-order valence-corrected chi connectivity index (χ4v) is 4.15. The first-order valence-electron chi connectivity index (χ1n) is 6.94. The number of benzene rings is 1. The SMILES string of the molecule is CC1CC(NS(=O)(=O)c2ccccc2CN)CCN1C. The fraction of sp³-hybridized carbons (Fsp3) is 0.571. The molecule has 0 aliphatic carbocycles. The monoisotopic (exact) mass is 297 g/mol. The summed E-state index contributed by atoms with van der Waals surface area (Å²) in [6, 6.07) is 7.29. The molecule has 1 aromatic rings. The van der Waals surface area contributed by atoms with Crippen LogP contribution >= 0.6 is 0 Å². The van der Waals surface area contributed by atoms with E-state index in [1.54, 1.807) is 24.3 Å². The minimum absolute atomic E-state index is 0.00275. The number of nitrogens with one attached hydrogen (secondary N) is 1. The van der Waals surface area contributed by atoms with Gasteiger partial charge in [-0.2, -0.15) is 0 Å². The summed E-state index contributed by atoms with van der Waals surface area (Å²) >= 11 is 0. The highest BCUT2D eigenvalue weighted by Gasteiger charge is 2.27. The van der Waals surface area contributed by atoms with Gasteiger partial charge in [-0.25, -0.2) is 13.1 Å². The minimum atomic E-state index is -3.49. The smallest absolute Gasteiger partial charge is 0.241 e. The van der Waals surface area contributed by atoms with Crippen LogP contribution in [0.5, 0.6) is 0 Å². The second-order valence-corrected chi connectivity index (χ2v) is 7.17. The van der Waals surface area contributed by atoms with E-state index in [-0.39, 0.29) is 12.6 Å².